The molecule has 3 heterocycles. The minimum absolute atomic E-state index is 0.0757. The van der Waals surface area contributed by atoms with E-state index >= 15 is 0 Å². The monoisotopic (exact) mass is 354 g/mol. The normalized spacial score (nSPS) is 22.2. The molecule has 0 saturated carbocycles. The van der Waals surface area contributed by atoms with Crippen molar-refractivity contribution in [3.05, 3.63) is 12.1 Å². The number of hydrogen-bond acceptors (Lipinski definition) is 7. The number of anilines is 1. The van der Waals surface area contributed by atoms with Gasteiger partial charge in [-0.3, -0.25) is 4.79 Å². The van der Waals surface area contributed by atoms with Gasteiger partial charge in [0.25, 0.3) is 0 Å². The lowest BCUT2D eigenvalue weighted by Crippen LogP contribution is -2.23. The molecule has 1 amide bonds. The summed E-state index contributed by atoms with van der Waals surface area (Å²) in [5.41, 5.74) is 0.716. The van der Waals surface area contributed by atoms with Crippen molar-refractivity contribution in [1.82, 2.24) is 4.98 Å². The number of hydrogen-bond donors (Lipinski definition) is 1. The molecule has 4 rings (SSSR count). The average molecular weight is 354 g/mol. The van der Waals surface area contributed by atoms with Crippen molar-refractivity contribution in [2.24, 2.45) is 5.92 Å². The van der Waals surface area contributed by atoms with E-state index in [0.717, 1.165) is 4.70 Å². The van der Waals surface area contributed by atoms with Gasteiger partial charge in [0.15, 0.2) is 26.5 Å². The number of nitrogens with one attached hydrogen (secondary N) is 1. The number of ether oxygens (including phenoxy) is 2. The van der Waals surface area contributed by atoms with E-state index in [9.17, 15) is 13.2 Å². The molecule has 2 aromatic rings. The number of fused-ring (bicyclic) bond motifs is 2. The highest BCUT2D eigenvalue weighted by Gasteiger charge is 2.33. The second-order valence-electron chi connectivity index (χ2n) is 5.57. The number of carbonyl (C=O) groups excluding carboxylic acids is 1. The summed E-state index contributed by atoms with van der Waals surface area (Å²) < 4.78 is 34.8. The van der Waals surface area contributed by atoms with Gasteiger partial charge in [-0.05, 0) is 6.42 Å². The average Bonchev–Trinajstić information content (AvgIpc) is 3.06. The van der Waals surface area contributed by atoms with E-state index in [1.807, 2.05) is 6.07 Å². The van der Waals surface area contributed by atoms with Crippen molar-refractivity contribution in [3.63, 3.8) is 0 Å². The number of nitrogens with zero attached hydrogens (tertiary/aromatic N) is 1. The molecule has 0 radical (unpaired) electrons. The van der Waals surface area contributed by atoms with E-state index in [1.54, 1.807) is 6.07 Å². The molecule has 2 aliphatic heterocycles. The number of benzene rings is 1. The van der Waals surface area contributed by atoms with Crippen LogP contribution in [-0.2, 0) is 14.6 Å². The van der Waals surface area contributed by atoms with Crippen LogP contribution in [0.1, 0.15) is 6.42 Å². The van der Waals surface area contributed by atoms with Crippen LogP contribution in [0.2, 0.25) is 0 Å². The van der Waals surface area contributed by atoms with E-state index in [4.69, 9.17) is 9.47 Å². The second-order valence-corrected chi connectivity index (χ2v) is 8.83. The summed E-state index contributed by atoms with van der Waals surface area (Å²) in [7, 11) is -3.08. The van der Waals surface area contributed by atoms with Crippen LogP contribution in [0.3, 0.4) is 0 Å². The van der Waals surface area contributed by atoms with Gasteiger partial charge in [-0.2, -0.15) is 0 Å². The lowest BCUT2D eigenvalue weighted by molar-refractivity contribution is -0.119. The molecule has 122 valence electrons. The van der Waals surface area contributed by atoms with Crippen molar-refractivity contribution in [1.29, 1.82) is 0 Å². The summed E-state index contributed by atoms with van der Waals surface area (Å²) in [6.45, 7) is 1.01. The van der Waals surface area contributed by atoms with E-state index in [1.165, 1.54) is 11.3 Å². The molecule has 7 nitrogen and oxygen atoms in total. The summed E-state index contributed by atoms with van der Waals surface area (Å²) in [6.07, 6.45) is 0.370. The van der Waals surface area contributed by atoms with Gasteiger partial charge in [0.2, 0.25) is 5.91 Å². The van der Waals surface area contributed by atoms with Gasteiger partial charge in [-0.15, -0.1) is 0 Å². The van der Waals surface area contributed by atoms with E-state index in [2.05, 4.69) is 10.3 Å². The molecule has 1 aromatic heterocycles. The highest BCUT2D eigenvalue weighted by molar-refractivity contribution is 7.91. The van der Waals surface area contributed by atoms with Crippen LogP contribution in [0.15, 0.2) is 12.1 Å². The first-order valence-electron chi connectivity index (χ1n) is 7.22. The van der Waals surface area contributed by atoms with Gasteiger partial charge in [0.1, 0.15) is 13.2 Å². The Labute approximate surface area is 136 Å². The van der Waals surface area contributed by atoms with E-state index in [-0.39, 0.29) is 17.4 Å². The van der Waals surface area contributed by atoms with Gasteiger partial charge >= 0.3 is 0 Å². The Morgan fingerprint density at radius 1 is 1.26 bits per heavy atom. The van der Waals surface area contributed by atoms with Crippen LogP contribution in [-0.4, -0.2) is 44.0 Å². The molecular weight excluding hydrogens is 340 g/mol. The first-order valence-corrected chi connectivity index (χ1v) is 9.85. The fourth-order valence-corrected chi connectivity index (χ4v) is 5.35. The zero-order chi connectivity index (χ0) is 16.0. The molecule has 23 heavy (non-hydrogen) atoms. The zero-order valence-corrected chi connectivity index (χ0v) is 13.7. The molecule has 0 bridgehead atoms. The quantitative estimate of drug-likeness (QED) is 0.877. The lowest BCUT2D eigenvalue weighted by Gasteiger charge is -2.17. The van der Waals surface area contributed by atoms with Gasteiger partial charge in [0, 0.05) is 12.1 Å². The minimum Gasteiger partial charge on any atom is -0.486 e. The third-order valence-corrected chi connectivity index (χ3v) is 6.59. The first kappa shape index (κ1) is 14.7. The number of rotatable bonds is 2. The molecule has 0 aliphatic carbocycles. The Morgan fingerprint density at radius 2 is 2.00 bits per heavy atom. The van der Waals surface area contributed by atoms with Crippen LogP contribution in [0.4, 0.5) is 5.13 Å². The molecule has 1 fully saturated rings. The smallest absolute Gasteiger partial charge is 0.230 e. The fourth-order valence-electron chi connectivity index (χ4n) is 2.73. The van der Waals surface area contributed by atoms with Crippen LogP contribution < -0.4 is 14.8 Å². The SMILES string of the molecule is O=C(Nc1nc2cc3c(cc2s1)OCCO3)[C@@H]1CCS(=O)(=O)C1. The fraction of sp³-hybridized carbons (Fsp3) is 0.429. The van der Waals surface area contributed by atoms with Gasteiger partial charge in [-0.1, -0.05) is 11.3 Å². The first-order chi connectivity index (χ1) is 11.0. The molecular formula is C14H14N2O5S2. The molecule has 1 aromatic carbocycles. The Bertz CT molecular complexity index is 847. The van der Waals surface area contributed by atoms with Gasteiger partial charge < -0.3 is 14.8 Å². The molecule has 0 unspecified atom stereocenters. The van der Waals surface area contributed by atoms with Crippen molar-refractivity contribution < 1.29 is 22.7 Å². The zero-order valence-electron chi connectivity index (χ0n) is 12.1. The van der Waals surface area contributed by atoms with Crippen LogP contribution in [0, 0.1) is 5.92 Å². The maximum absolute atomic E-state index is 12.2. The Morgan fingerprint density at radius 3 is 2.70 bits per heavy atom. The summed E-state index contributed by atoms with van der Waals surface area (Å²) in [6, 6.07) is 3.63. The molecule has 1 N–H and O–H groups in total. The molecule has 2 aliphatic rings. The number of carbonyl (C=O) groups is 1. The largest absolute Gasteiger partial charge is 0.486 e. The summed E-state index contributed by atoms with van der Waals surface area (Å²) in [5, 5.41) is 3.18. The highest BCUT2D eigenvalue weighted by atomic mass is 32.2. The van der Waals surface area contributed by atoms with E-state index in [0.29, 0.717) is 41.8 Å². The standard InChI is InChI=1S/C14H14N2O5S2/c17-13(8-1-4-23(18,19)7-8)16-14-15-9-5-10-11(6-12(9)22-14)21-3-2-20-10/h5-6,8H,1-4,7H2,(H,15,16,17)/t8-/m1/s1. The highest BCUT2D eigenvalue weighted by Crippen LogP contribution is 2.38. The molecule has 9 heteroatoms. The molecule has 1 saturated heterocycles. The number of amides is 1. The van der Waals surface area contributed by atoms with Crippen LogP contribution >= 0.6 is 11.3 Å². The van der Waals surface area contributed by atoms with Crippen LogP contribution in [0.25, 0.3) is 10.2 Å². The number of thiazole rings is 1. The minimum atomic E-state index is -3.08. The summed E-state index contributed by atoms with van der Waals surface area (Å²) in [4.78, 5) is 16.5. The van der Waals surface area contributed by atoms with Crippen molar-refractivity contribution in [2.75, 3.05) is 30.0 Å². The maximum atomic E-state index is 12.2. The van der Waals surface area contributed by atoms with Crippen molar-refractivity contribution >= 4 is 42.4 Å². The Hall–Kier alpha value is -1.87. The lowest BCUT2D eigenvalue weighted by atomic mass is 10.1. The third-order valence-electron chi connectivity index (χ3n) is 3.89. The Balaban J connectivity index is 1.56. The number of sulfone groups is 1. The Kier molecular flexibility index (Phi) is 3.42. The predicted molar refractivity (Wildman–Crippen MR) is 86.0 cm³/mol. The summed E-state index contributed by atoms with van der Waals surface area (Å²) >= 11 is 1.33. The summed E-state index contributed by atoms with van der Waals surface area (Å²) in [5.74, 6) is 0.529. The molecule has 0 spiro atoms. The predicted octanol–water partition coefficient (Wildman–Crippen LogP) is 1.44. The van der Waals surface area contributed by atoms with Gasteiger partial charge in [0.05, 0.1) is 27.6 Å². The maximum Gasteiger partial charge on any atom is 0.230 e. The number of aromatic nitrogens is 1. The topological polar surface area (TPSA) is 94.6 Å². The second kappa shape index (κ2) is 5.34. The van der Waals surface area contributed by atoms with Crippen LogP contribution in [0.5, 0.6) is 11.5 Å². The van der Waals surface area contributed by atoms with Crippen molar-refractivity contribution in [3.8, 4) is 11.5 Å². The van der Waals surface area contributed by atoms with Crippen molar-refractivity contribution in [2.45, 2.75) is 6.42 Å². The van der Waals surface area contributed by atoms with Gasteiger partial charge in [-0.25, -0.2) is 13.4 Å². The molecule has 1 atom stereocenters. The van der Waals surface area contributed by atoms with E-state index < -0.39 is 15.8 Å². The third kappa shape index (κ3) is 2.86.